The molecule has 0 aromatic rings. The van der Waals surface area contributed by atoms with Crippen molar-refractivity contribution in [3.05, 3.63) is 0 Å². The van der Waals surface area contributed by atoms with Gasteiger partial charge in [0.25, 0.3) is 0 Å². The minimum atomic E-state index is -0.209. The Kier molecular flexibility index (Phi) is 14.1. The van der Waals surface area contributed by atoms with Crippen molar-refractivity contribution in [1.82, 2.24) is 0 Å². The van der Waals surface area contributed by atoms with E-state index in [0.29, 0.717) is 12.8 Å². The third-order valence-corrected chi connectivity index (χ3v) is 2.73. The van der Waals surface area contributed by atoms with Gasteiger partial charge in [-0.05, 0) is 12.8 Å². The van der Waals surface area contributed by atoms with Crippen LogP contribution in [-0.2, 0) is 19.1 Å². The monoisotopic (exact) mass is 306 g/mol. The van der Waals surface area contributed by atoms with Gasteiger partial charge >= 0.3 is 11.9 Å². The summed E-state index contributed by atoms with van der Waals surface area (Å²) < 4.78 is 9.91. The molecule has 0 radical (unpaired) electrons. The van der Waals surface area contributed by atoms with Crippen molar-refractivity contribution in [2.24, 2.45) is 0 Å². The fourth-order valence-electron chi connectivity index (χ4n) is 1.62. The first kappa shape index (κ1) is 20.1. The largest absolute Gasteiger partial charge is 0.452 e. The number of esters is 2. The first-order valence-corrected chi connectivity index (χ1v) is 7.93. The number of rotatable bonds is 9. The van der Waals surface area contributed by atoms with Gasteiger partial charge in [-0.1, -0.05) is 38.5 Å². The average Bonchev–Trinajstić information content (AvgIpc) is 2.51. The van der Waals surface area contributed by atoms with Crippen LogP contribution < -0.4 is 0 Å². The standard InChI is InChI=1S/C18H26O4/c1-3-5-11-15-21-17(19)13-9-7-8-10-14-18(20)22-16-12-6-4-2/h3-4,7-10,13-16H2,1-2H3. The Bertz CT molecular complexity index is 389. The lowest BCUT2D eigenvalue weighted by atomic mass is 10.1. The molecule has 0 fully saturated rings. The van der Waals surface area contributed by atoms with E-state index in [2.05, 4.69) is 23.7 Å². The van der Waals surface area contributed by atoms with Crippen LogP contribution in [-0.4, -0.2) is 25.2 Å². The van der Waals surface area contributed by atoms with E-state index < -0.39 is 0 Å². The van der Waals surface area contributed by atoms with Gasteiger partial charge < -0.3 is 9.47 Å². The van der Waals surface area contributed by atoms with Gasteiger partial charge in [0, 0.05) is 25.7 Å². The Labute approximate surface area is 133 Å². The number of hydrogen-bond donors (Lipinski definition) is 0. The van der Waals surface area contributed by atoms with E-state index in [1.54, 1.807) is 0 Å². The van der Waals surface area contributed by atoms with E-state index >= 15 is 0 Å². The summed E-state index contributed by atoms with van der Waals surface area (Å²) in [5, 5.41) is 0. The molecule has 0 saturated carbocycles. The number of carbonyl (C=O) groups is 2. The topological polar surface area (TPSA) is 52.6 Å². The van der Waals surface area contributed by atoms with Gasteiger partial charge in [0.1, 0.15) is 0 Å². The van der Waals surface area contributed by atoms with E-state index in [0.717, 1.165) is 38.5 Å². The summed E-state index contributed by atoms with van der Waals surface area (Å²) in [4.78, 5) is 22.7. The zero-order valence-electron chi connectivity index (χ0n) is 13.7. The summed E-state index contributed by atoms with van der Waals surface area (Å²) in [7, 11) is 0. The number of hydrogen-bond acceptors (Lipinski definition) is 4. The Hall–Kier alpha value is -1.94. The van der Waals surface area contributed by atoms with Crippen molar-refractivity contribution < 1.29 is 19.1 Å². The molecule has 0 aliphatic rings. The zero-order valence-corrected chi connectivity index (χ0v) is 13.7. The second-order valence-corrected chi connectivity index (χ2v) is 4.65. The fraction of sp³-hybridized carbons (Fsp3) is 0.667. The Morgan fingerprint density at radius 3 is 1.45 bits per heavy atom. The molecular weight excluding hydrogens is 280 g/mol. The zero-order chi connectivity index (χ0) is 16.5. The Morgan fingerprint density at radius 1 is 0.682 bits per heavy atom. The smallest absolute Gasteiger partial charge is 0.306 e. The van der Waals surface area contributed by atoms with E-state index in [1.165, 1.54) is 0 Å². The van der Waals surface area contributed by atoms with Crippen LogP contribution in [0.3, 0.4) is 0 Å². The van der Waals surface area contributed by atoms with E-state index in [4.69, 9.17) is 9.47 Å². The Morgan fingerprint density at radius 2 is 1.09 bits per heavy atom. The van der Waals surface area contributed by atoms with Gasteiger partial charge in [-0.25, -0.2) is 0 Å². The molecule has 0 N–H and O–H groups in total. The summed E-state index contributed by atoms with van der Waals surface area (Å²) in [5.41, 5.74) is 0. The van der Waals surface area contributed by atoms with Crippen LogP contribution in [0, 0.1) is 23.7 Å². The third kappa shape index (κ3) is 14.5. The lowest BCUT2D eigenvalue weighted by molar-refractivity contribution is -0.143. The van der Waals surface area contributed by atoms with Crippen LogP contribution in [0.5, 0.6) is 0 Å². The molecule has 0 aliphatic carbocycles. The highest BCUT2D eigenvalue weighted by Crippen LogP contribution is 2.07. The molecule has 0 aromatic carbocycles. The summed E-state index contributed by atoms with van der Waals surface area (Å²) in [6.45, 7) is 4.26. The molecule has 0 aromatic heterocycles. The number of unbranched alkanes of at least 4 members (excludes halogenated alkanes) is 3. The first-order valence-electron chi connectivity index (χ1n) is 7.93. The maximum Gasteiger partial charge on any atom is 0.306 e. The summed E-state index contributed by atoms with van der Waals surface area (Å²) >= 11 is 0. The van der Waals surface area contributed by atoms with Crippen LogP contribution in [0.15, 0.2) is 0 Å². The predicted octanol–water partition coefficient (Wildman–Crippen LogP) is 3.24. The normalized spacial score (nSPS) is 9.00. The third-order valence-electron chi connectivity index (χ3n) is 2.73. The minimum Gasteiger partial charge on any atom is -0.452 e. The maximum atomic E-state index is 11.3. The van der Waals surface area contributed by atoms with Crippen LogP contribution in [0.1, 0.15) is 65.2 Å². The molecule has 0 amide bonds. The van der Waals surface area contributed by atoms with Gasteiger partial charge in [-0.3, -0.25) is 9.59 Å². The van der Waals surface area contributed by atoms with E-state index in [-0.39, 0.29) is 25.2 Å². The fourth-order valence-corrected chi connectivity index (χ4v) is 1.62. The molecule has 0 saturated heterocycles. The van der Waals surface area contributed by atoms with Gasteiger partial charge in [-0.2, -0.15) is 0 Å². The SMILES string of the molecule is CCC#CCOC(=O)CCCCCCC(=O)OCC#CCC. The second-order valence-electron chi connectivity index (χ2n) is 4.65. The molecule has 0 spiro atoms. The number of ether oxygens (including phenoxy) is 2. The molecule has 0 rings (SSSR count). The van der Waals surface area contributed by atoms with Crippen LogP contribution in [0.4, 0.5) is 0 Å². The van der Waals surface area contributed by atoms with Crippen LogP contribution in [0.2, 0.25) is 0 Å². The van der Waals surface area contributed by atoms with Crippen molar-refractivity contribution in [3.63, 3.8) is 0 Å². The van der Waals surface area contributed by atoms with Gasteiger partial charge in [-0.15, -0.1) is 11.8 Å². The molecule has 0 unspecified atom stereocenters. The van der Waals surface area contributed by atoms with Crippen molar-refractivity contribution in [2.75, 3.05) is 13.2 Å². The van der Waals surface area contributed by atoms with Crippen molar-refractivity contribution >= 4 is 11.9 Å². The lowest BCUT2D eigenvalue weighted by Gasteiger charge is -2.02. The lowest BCUT2D eigenvalue weighted by Crippen LogP contribution is -2.05. The minimum absolute atomic E-state index is 0.180. The van der Waals surface area contributed by atoms with Gasteiger partial charge in [0.15, 0.2) is 13.2 Å². The molecule has 0 heterocycles. The van der Waals surface area contributed by atoms with Gasteiger partial charge in [0.2, 0.25) is 0 Å². The van der Waals surface area contributed by atoms with Crippen molar-refractivity contribution in [3.8, 4) is 23.7 Å². The summed E-state index contributed by atoms with van der Waals surface area (Å²) in [6, 6.07) is 0. The number of carbonyl (C=O) groups excluding carboxylic acids is 2. The van der Waals surface area contributed by atoms with Gasteiger partial charge in [0.05, 0.1) is 0 Å². The molecule has 122 valence electrons. The van der Waals surface area contributed by atoms with Crippen LogP contribution >= 0.6 is 0 Å². The van der Waals surface area contributed by atoms with Crippen molar-refractivity contribution in [1.29, 1.82) is 0 Å². The average molecular weight is 306 g/mol. The first-order chi connectivity index (χ1) is 10.7. The van der Waals surface area contributed by atoms with Crippen molar-refractivity contribution in [2.45, 2.75) is 65.2 Å². The predicted molar refractivity (Wildman–Crippen MR) is 85.8 cm³/mol. The molecular formula is C18H26O4. The molecule has 0 atom stereocenters. The molecule has 0 aliphatic heterocycles. The highest BCUT2D eigenvalue weighted by Gasteiger charge is 2.03. The highest BCUT2D eigenvalue weighted by molar-refractivity contribution is 5.69. The summed E-state index contributed by atoms with van der Waals surface area (Å²) in [6.07, 6.45) is 5.71. The molecule has 0 bridgehead atoms. The quantitative estimate of drug-likeness (QED) is 0.373. The molecule has 22 heavy (non-hydrogen) atoms. The maximum absolute atomic E-state index is 11.3. The molecule has 4 nitrogen and oxygen atoms in total. The van der Waals surface area contributed by atoms with E-state index in [9.17, 15) is 9.59 Å². The molecule has 4 heteroatoms. The Balaban J connectivity index is 3.42. The second kappa shape index (κ2) is 15.4. The van der Waals surface area contributed by atoms with E-state index in [1.807, 2.05) is 13.8 Å². The summed E-state index contributed by atoms with van der Waals surface area (Å²) in [5.74, 6) is 10.8. The highest BCUT2D eigenvalue weighted by atomic mass is 16.5. The van der Waals surface area contributed by atoms with Crippen LogP contribution in [0.25, 0.3) is 0 Å².